The zero-order chi connectivity index (χ0) is 22.0. The molecule has 0 amide bonds. The molecule has 160 valence electrons. The Morgan fingerprint density at radius 1 is 1.16 bits per heavy atom. The second-order valence-electron chi connectivity index (χ2n) is 7.52. The third kappa shape index (κ3) is 3.91. The number of ether oxygens (including phenoxy) is 2. The van der Waals surface area contributed by atoms with Gasteiger partial charge in [0, 0.05) is 24.0 Å². The van der Waals surface area contributed by atoms with Crippen LogP contribution in [-0.2, 0) is 4.74 Å². The number of nitro groups is 1. The molecule has 0 bridgehead atoms. The van der Waals surface area contributed by atoms with Crippen LogP contribution in [0, 0.1) is 27.4 Å². The maximum absolute atomic E-state index is 11.0. The van der Waals surface area contributed by atoms with Crippen LogP contribution < -0.4 is 21.3 Å². The predicted octanol–water partition coefficient (Wildman–Crippen LogP) is 2.98. The van der Waals surface area contributed by atoms with Crippen molar-refractivity contribution in [3.63, 3.8) is 0 Å². The summed E-state index contributed by atoms with van der Waals surface area (Å²) in [7, 11) is 0. The fourth-order valence-corrected chi connectivity index (χ4v) is 4.17. The Morgan fingerprint density at radius 3 is 2.45 bits per heavy atom. The molecule has 4 rings (SSSR count). The van der Waals surface area contributed by atoms with Gasteiger partial charge in [0.2, 0.25) is 5.88 Å². The number of non-ortho nitro benzene ring substituents is 1. The normalized spacial score (nSPS) is 24.8. The molecule has 0 aromatic heterocycles. The van der Waals surface area contributed by atoms with Gasteiger partial charge in [0.1, 0.15) is 11.8 Å². The molecule has 4 unspecified atom stereocenters. The molecule has 0 radical (unpaired) electrons. The quantitative estimate of drug-likeness (QED) is 0.478. The third-order valence-electron chi connectivity index (χ3n) is 5.63. The molecular weight excluding hydrogens is 398 g/mol. The summed E-state index contributed by atoms with van der Waals surface area (Å²) in [4.78, 5) is 10.6. The van der Waals surface area contributed by atoms with E-state index in [1.807, 2.05) is 24.3 Å². The van der Waals surface area contributed by atoms with Crippen LogP contribution in [-0.4, -0.2) is 17.8 Å². The lowest BCUT2D eigenvalue weighted by Gasteiger charge is -2.35. The minimum atomic E-state index is -0.460. The molecule has 9 nitrogen and oxygen atoms in total. The van der Waals surface area contributed by atoms with Gasteiger partial charge >= 0.3 is 0 Å². The van der Waals surface area contributed by atoms with Gasteiger partial charge in [0.25, 0.3) is 5.69 Å². The van der Waals surface area contributed by atoms with E-state index in [4.69, 9.17) is 15.2 Å². The monoisotopic (exact) mass is 421 g/mol. The molecule has 31 heavy (non-hydrogen) atoms. The fourth-order valence-electron chi connectivity index (χ4n) is 4.17. The average Bonchev–Trinajstić information content (AvgIpc) is 3.20. The smallest absolute Gasteiger partial charge is 0.269 e. The van der Waals surface area contributed by atoms with Gasteiger partial charge in [0.15, 0.2) is 6.23 Å². The Kier molecular flexibility index (Phi) is 5.75. The molecule has 4 atom stereocenters. The van der Waals surface area contributed by atoms with E-state index in [0.29, 0.717) is 12.2 Å². The molecule has 0 spiro atoms. The zero-order valence-corrected chi connectivity index (χ0v) is 16.9. The van der Waals surface area contributed by atoms with E-state index >= 15 is 0 Å². The van der Waals surface area contributed by atoms with Crippen molar-refractivity contribution in [1.82, 2.24) is 10.9 Å². The molecule has 2 heterocycles. The summed E-state index contributed by atoms with van der Waals surface area (Å²) in [6.07, 6.45) is 0.469. The van der Waals surface area contributed by atoms with E-state index in [-0.39, 0.29) is 23.5 Å². The van der Waals surface area contributed by atoms with Crippen LogP contribution in [0.3, 0.4) is 0 Å². The van der Waals surface area contributed by atoms with Crippen molar-refractivity contribution in [2.24, 2.45) is 11.7 Å². The topological polar surface area (TPSA) is 135 Å². The first kappa shape index (κ1) is 20.7. The van der Waals surface area contributed by atoms with Crippen molar-refractivity contribution in [2.75, 3.05) is 6.61 Å². The van der Waals surface area contributed by atoms with Gasteiger partial charge < -0.3 is 15.2 Å². The molecule has 2 aliphatic heterocycles. The highest BCUT2D eigenvalue weighted by molar-refractivity contribution is 5.45. The van der Waals surface area contributed by atoms with Gasteiger partial charge in [-0.1, -0.05) is 31.2 Å². The number of allylic oxidation sites excluding steroid dienone is 1. The second-order valence-corrected chi connectivity index (χ2v) is 7.52. The summed E-state index contributed by atoms with van der Waals surface area (Å²) in [6, 6.07) is 16.0. The summed E-state index contributed by atoms with van der Waals surface area (Å²) in [5, 5.41) is 20.8. The zero-order valence-electron chi connectivity index (χ0n) is 16.9. The summed E-state index contributed by atoms with van der Waals surface area (Å²) in [6.45, 7) is 2.70. The number of nitrogens with zero attached hydrogens (tertiary/aromatic N) is 2. The van der Waals surface area contributed by atoms with Crippen LogP contribution in [0.25, 0.3) is 0 Å². The number of fused-ring (bicyclic) bond motifs is 1. The summed E-state index contributed by atoms with van der Waals surface area (Å²) < 4.78 is 11.5. The summed E-state index contributed by atoms with van der Waals surface area (Å²) in [5.74, 6) is 0.256. The van der Waals surface area contributed by atoms with Crippen LogP contribution in [0.1, 0.15) is 36.4 Å². The lowest BCUT2D eigenvalue weighted by atomic mass is 9.74. The minimum Gasteiger partial charge on any atom is -0.494 e. The van der Waals surface area contributed by atoms with Crippen molar-refractivity contribution in [1.29, 1.82) is 5.26 Å². The maximum Gasteiger partial charge on any atom is 0.269 e. The number of hydrogen-bond donors (Lipinski definition) is 3. The van der Waals surface area contributed by atoms with Crippen LogP contribution in [0.5, 0.6) is 5.75 Å². The number of benzene rings is 2. The average molecular weight is 421 g/mol. The Labute approximate surface area is 179 Å². The number of hydrogen-bond acceptors (Lipinski definition) is 8. The standard InChI is InChI=1S/C22H23N5O4/c1-2-11-30-16-9-5-14(6-10-16)20-19-18(13-3-7-15(8-4-13)27(28)29)17(12-23)21(24)31-22(19)26-25-20/h3-10,18-20,22,25-26H,2,11,24H2,1H3. The molecule has 0 aliphatic carbocycles. The minimum absolute atomic E-state index is 0.00953. The van der Waals surface area contributed by atoms with E-state index in [1.54, 1.807) is 12.1 Å². The fraction of sp³-hybridized carbons (Fsp3) is 0.318. The Hall–Kier alpha value is -3.61. The highest BCUT2D eigenvalue weighted by atomic mass is 16.6. The molecule has 1 saturated heterocycles. The first-order chi connectivity index (χ1) is 15.0. The van der Waals surface area contributed by atoms with Gasteiger partial charge in [-0.2, -0.15) is 5.26 Å². The van der Waals surface area contributed by atoms with E-state index in [1.165, 1.54) is 12.1 Å². The van der Waals surface area contributed by atoms with Crippen LogP contribution >= 0.6 is 0 Å². The first-order valence-corrected chi connectivity index (χ1v) is 10.1. The van der Waals surface area contributed by atoms with Crippen molar-refractivity contribution in [3.8, 4) is 11.8 Å². The van der Waals surface area contributed by atoms with E-state index in [0.717, 1.165) is 23.3 Å². The number of nitrogens with one attached hydrogen (secondary N) is 2. The second kappa shape index (κ2) is 8.63. The molecule has 9 heteroatoms. The lowest BCUT2D eigenvalue weighted by molar-refractivity contribution is -0.384. The number of nitro benzene ring substituents is 1. The van der Waals surface area contributed by atoms with E-state index in [2.05, 4.69) is 23.8 Å². The third-order valence-corrected chi connectivity index (χ3v) is 5.63. The number of hydrazine groups is 1. The first-order valence-electron chi connectivity index (χ1n) is 10.1. The highest BCUT2D eigenvalue weighted by Gasteiger charge is 2.49. The molecule has 2 aromatic carbocycles. The van der Waals surface area contributed by atoms with E-state index < -0.39 is 17.1 Å². The molecule has 2 aliphatic rings. The van der Waals surface area contributed by atoms with Gasteiger partial charge in [-0.05, 0) is 29.7 Å². The van der Waals surface area contributed by atoms with Crippen LogP contribution in [0.2, 0.25) is 0 Å². The van der Waals surface area contributed by atoms with Gasteiger partial charge in [-0.3, -0.25) is 10.1 Å². The summed E-state index contributed by atoms with van der Waals surface area (Å²) >= 11 is 0. The largest absolute Gasteiger partial charge is 0.494 e. The molecular formula is C22H23N5O4. The van der Waals surface area contributed by atoms with Crippen LogP contribution in [0.15, 0.2) is 60.0 Å². The Balaban J connectivity index is 1.70. The molecule has 1 fully saturated rings. The maximum atomic E-state index is 11.0. The Morgan fingerprint density at radius 2 is 1.84 bits per heavy atom. The van der Waals surface area contributed by atoms with Gasteiger partial charge in [-0.15, -0.1) is 0 Å². The Bertz CT molecular complexity index is 1030. The molecule has 0 saturated carbocycles. The van der Waals surface area contributed by atoms with E-state index in [9.17, 15) is 15.4 Å². The van der Waals surface area contributed by atoms with Gasteiger partial charge in [0.05, 0.1) is 23.1 Å². The number of nitrogens with two attached hydrogens (primary N) is 1. The lowest BCUT2D eigenvalue weighted by Crippen LogP contribution is -2.40. The predicted molar refractivity (Wildman–Crippen MR) is 112 cm³/mol. The molecule has 2 aromatic rings. The van der Waals surface area contributed by atoms with Gasteiger partial charge in [-0.25, -0.2) is 10.9 Å². The number of nitriles is 1. The van der Waals surface area contributed by atoms with Crippen molar-refractivity contribution < 1.29 is 14.4 Å². The number of rotatable bonds is 6. The van der Waals surface area contributed by atoms with Crippen molar-refractivity contribution in [3.05, 3.63) is 81.2 Å². The molecule has 4 N–H and O–H groups in total. The summed E-state index contributed by atoms with van der Waals surface area (Å²) in [5.41, 5.74) is 14.5. The van der Waals surface area contributed by atoms with Crippen molar-refractivity contribution in [2.45, 2.75) is 31.5 Å². The van der Waals surface area contributed by atoms with Crippen molar-refractivity contribution >= 4 is 5.69 Å². The van der Waals surface area contributed by atoms with Crippen LogP contribution in [0.4, 0.5) is 5.69 Å². The SMILES string of the molecule is CCCOc1ccc(C2NNC3OC(N)=C(C#N)C(c4ccc([N+](=O)[O-])cc4)C32)cc1. The highest BCUT2D eigenvalue weighted by Crippen LogP contribution is 2.47.